The molecule has 0 heterocycles. The third-order valence-electron chi connectivity index (χ3n) is 1.84. The zero-order valence-electron chi connectivity index (χ0n) is 8.95. The van der Waals surface area contributed by atoms with Gasteiger partial charge in [0.05, 0.1) is 0 Å². The molecule has 0 bridgehead atoms. The minimum atomic E-state index is 0.946. The van der Waals surface area contributed by atoms with Crippen LogP contribution in [0.3, 0.4) is 0 Å². The van der Waals surface area contributed by atoms with Crippen LogP contribution in [-0.2, 0) is 0 Å². The van der Waals surface area contributed by atoms with Crippen molar-refractivity contribution in [1.29, 1.82) is 0 Å². The smallest absolute Gasteiger partial charge is 0.143 e. The lowest BCUT2D eigenvalue weighted by molar-refractivity contribution is 0.628. The Kier molecular flexibility index (Phi) is 8.59. The van der Waals surface area contributed by atoms with Gasteiger partial charge in [-0.05, 0) is 12.8 Å². The summed E-state index contributed by atoms with van der Waals surface area (Å²) in [4.78, 5) is 0. The van der Waals surface area contributed by atoms with E-state index in [0.717, 1.165) is 18.9 Å². The Morgan fingerprint density at radius 3 is 1.85 bits per heavy atom. The average molecular weight is 182 g/mol. The van der Waals surface area contributed by atoms with E-state index in [4.69, 9.17) is 0 Å². The molecule has 2 heteroatoms. The lowest BCUT2D eigenvalue weighted by Crippen LogP contribution is -2.27. The van der Waals surface area contributed by atoms with Gasteiger partial charge in [-0.2, -0.15) is 0 Å². The molecule has 0 radical (unpaired) electrons. The maximum atomic E-state index is 3.63. The predicted molar refractivity (Wildman–Crippen MR) is 58.5 cm³/mol. The average Bonchev–Trinajstić information content (AvgIpc) is 2.16. The summed E-state index contributed by atoms with van der Waals surface area (Å²) >= 11 is 0. The van der Waals surface area contributed by atoms with E-state index in [1.165, 1.54) is 25.7 Å². The lowest BCUT2D eigenvalue weighted by atomic mass is 10.3. The molecule has 0 spiro atoms. The zero-order valence-corrected chi connectivity index (χ0v) is 8.95. The normalized spacial score (nSPS) is 9.08. The van der Waals surface area contributed by atoms with Gasteiger partial charge in [0.1, 0.15) is 5.82 Å². The SMILES string of the molecule is C=C=C(NCCCC)NCCCC. The first-order valence-corrected chi connectivity index (χ1v) is 5.22. The number of unbranched alkanes of at least 4 members (excludes halogenated alkanes) is 2. The molecule has 2 N–H and O–H groups in total. The summed E-state index contributed by atoms with van der Waals surface area (Å²) in [5.74, 6) is 0.946. The first-order valence-electron chi connectivity index (χ1n) is 5.22. The van der Waals surface area contributed by atoms with E-state index in [0.29, 0.717) is 0 Å². The second-order valence-corrected chi connectivity index (χ2v) is 3.11. The molecule has 0 aliphatic rings. The highest BCUT2D eigenvalue weighted by Crippen LogP contribution is 1.88. The molecule has 0 aromatic rings. The van der Waals surface area contributed by atoms with E-state index < -0.39 is 0 Å². The maximum Gasteiger partial charge on any atom is 0.143 e. The summed E-state index contributed by atoms with van der Waals surface area (Å²) in [6.07, 6.45) is 4.82. The first-order chi connectivity index (χ1) is 6.35. The Balaban J connectivity index is 3.47. The monoisotopic (exact) mass is 182 g/mol. The van der Waals surface area contributed by atoms with Crippen LogP contribution in [0.25, 0.3) is 0 Å². The third-order valence-corrected chi connectivity index (χ3v) is 1.84. The molecule has 0 amide bonds. The van der Waals surface area contributed by atoms with Crippen molar-refractivity contribution in [2.45, 2.75) is 39.5 Å². The molecule has 0 rings (SSSR count). The minimum absolute atomic E-state index is 0.946. The Morgan fingerprint density at radius 1 is 1.08 bits per heavy atom. The predicted octanol–water partition coefficient (Wildman–Crippen LogP) is 2.39. The molecule has 13 heavy (non-hydrogen) atoms. The Hall–Kier alpha value is -0.880. The quantitative estimate of drug-likeness (QED) is 0.445. The van der Waals surface area contributed by atoms with Crippen molar-refractivity contribution in [2.75, 3.05) is 13.1 Å². The van der Waals surface area contributed by atoms with Crippen LogP contribution >= 0.6 is 0 Å². The molecule has 0 unspecified atom stereocenters. The van der Waals surface area contributed by atoms with Gasteiger partial charge >= 0.3 is 0 Å². The fourth-order valence-electron chi connectivity index (χ4n) is 0.968. The molecule has 0 saturated heterocycles. The number of nitrogens with one attached hydrogen (secondary N) is 2. The Bertz CT molecular complexity index is 145. The molecule has 0 atom stereocenters. The van der Waals surface area contributed by atoms with E-state index in [1.54, 1.807) is 0 Å². The van der Waals surface area contributed by atoms with Crippen molar-refractivity contribution in [3.63, 3.8) is 0 Å². The van der Waals surface area contributed by atoms with Crippen LogP contribution < -0.4 is 10.6 Å². The minimum Gasteiger partial charge on any atom is -0.365 e. The lowest BCUT2D eigenvalue weighted by Gasteiger charge is -2.10. The zero-order chi connectivity index (χ0) is 9.94. The molecule has 76 valence electrons. The van der Waals surface area contributed by atoms with Crippen molar-refractivity contribution < 1.29 is 0 Å². The number of hydrogen-bond acceptors (Lipinski definition) is 2. The summed E-state index contributed by atoms with van der Waals surface area (Å²) in [5, 5.41) is 6.52. The van der Waals surface area contributed by atoms with Gasteiger partial charge in [-0.1, -0.05) is 39.0 Å². The van der Waals surface area contributed by atoms with Gasteiger partial charge in [0.15, 0.2) is 0 Å². The molecule has 0 saturated carbocycles. The second kappa shape index (κ2) is 9.21. The van der Waals surface area contributed by atoms with E-state index >= 15 is 0 Å². The highest BCUT2D eigenvalue weighted by Gasteiger charge is 1.91. The topological polar surface area (TPSA) is 24.1 Å². The van der Waals surface area contributed by atoms with Gasteiger partial charge in [-0.3, -0.25) is 0 Å². The summed E-state index contributed by atoms with van der Waals surface area (Å²) in [5.41, 5.74) is 2.86. The van der Waals surface area contributed by atoms with Crippen molar-refractivity contribution in [1.82, 2.24) is 10.6 Å². The molecular formula is C11H22N2. The van der Waals surface area contributed by atoms with Crippen LogP contribution in [0.4, 0.5) is 0 Å². The van der Waals surface area contributed by atoms with Gasteiger partial charge in [-0.15, -0.1) is 0 Å². The van der Waals surface area contributed by atoms with Gasteiger partial charge in [0.25, 0.3) is 0 Å². The molecule has 0 aliphatic heterocycles. The second-order valence-electron chi connectivity index (χ2n) is 3.11. The van der Waals surface area contributed by atoms with Crippen molar-refractivity contribution >= 4 is 0 Å². The van der Waals surface area contributed by atoms with Crippen molar-refractivity contribution in [3.05, 3.63) is 18.1 Å². The standard InChI is InChI=1S/C11H22N2/c1-4-7-9-12-11(6-3)13-10-8-5-2/h12-13H,3-5,7-10H2,1-2H3. The van der Waals surface area contributed by atoms with Gasteiger partial charge < -0.3 is 10.6 Å². The van der Waals surface area contributed by atoms with Gasteiger partial charge in [0.2, 0.25) is 0 Å². The third kappa shape index (κ3) is 7.48. The summed E-state index contributed by atoms with van der Waals surface area (Å²) in [6, 6.07) is 0. The summed E-state index contributed by atoms with van der Waals surface area (Å²) < 4.78 is 0. The van der Waals surface area contributed by atoms with E-state index in [9.17, 15) is 0 Å². The van der Waals surface area contributed by atoms with E-state index in [-0.39, 0.29) is 0 Å². The Labute approximate surface area is 82.1 Å². The molecule has 0 aromatic heterocycles. The first kappa shape index (κ1) is 12.1. The van der Waals surface area contributed by atoms with Crippen LogP contribution in [0.1, 0.15) is 39.5 Å². The summed E-state index contributed by atoms with van der Waals surface area (Å²) in [6.45, 7) is 10.0. The number of rotatable bonds is 8. The molecule has 0 aliphatic carbocycles. The maximum absolute atomic E-state index is 3.63. The van der Waals surface area contributed by atoms with E-state index in [1.807, 2.05) is 0 Å². The Morgan fingerprint density at radius 2 is 1.54 bits per heavy atom. The molecule has 0 aromatic carbocycles. The van der Waals surface area contributed by atoms with Gasteiger partial charge in [-0.25, -0.2) is 0 Å². The molecule has 0 fully saturated rings. The van der Waals surface area contributed by atoms with Crippen LogP contribution in [-0.4, -0.2) is 13.1 Å². The largest absolute Gasteiger partial charge is 0.365 e. The number of hydrogen-bond donors (Lipinski definition) is 2. The highest BCUT2D eigenvalue weighted by atomic mass is 15.1. The van der Waals surface area contributed by atoms with Crippen LogP contribution in [0.15, 0.2) is 18.1 Å². The molecular weight excluding hydrogens is 160 g/mol. The molecule has 2 nitrogen and oxygen atoms in total. The van der Waals surface area contributed by atoms with Crippen LogP contribution in [0.2, 0.25) is 0 Å². The van der Waals surface area contributed by atoms with Crippen LogP contribution in [0.5, 0.6) is 0 Å². The van der Waals surface area contributed by atoms with Crippen molar-refractivity contribution in [2.24, 2.45) is 0 Å². The van der Waals surface area contributed by atoms with Gasteiger partial charge in [0, 0.05) is 13.1 Å². The van der Waals surface area contributed by atoms with Crippen molar-refractivity contribution in [3.8, 4) is 0 Å². The fourth-order valence-corrected chi connectivity index (χ4v) is 0.968. The van der Waals surface area contributed by atoms with Crippen LogP contribution in [0, 0.1) is 0 Å². The fraction of sp³-hybridized carbons (Fsp3) is 0.727. The van der Waals surface area contributed by atoms with E-state index in [2.05, 4.69) is 36.8 Å². The highest BCUT2D eigenvalue weighted by molar-refractivity contribution is 4.93. The summed E-state index contributed by atoms with van der Waals surface area (Å²) in [7, 11) is 0.